The lowest BCUT2D eigenvalue weighted by molar-refractivity contribution is -0.143. The second kappa shape index (κ2) is 6.80. The van der Waals surface area contributed by atoms with E-state index in [0.29, 0.717) is 17.1 Å². The molecule has 0 saturated heterocycles. The van der Waals surface area contributed by atoms with Crippen molar-refractivity contribution < 1.29 is 13.9 Å². The molecule has 1 aromatic carbocycles. The Morgan fingerprint density at radius 3 is 2.86 bits per heavy atom. The molecule has 0 amide bonds. The summed E-state index contributed by atoms with van der Waals surface area (Å²) in [4.78, 5) is 23.0. The van der Waals surface area contributed by atoms with E-state index in [0.717, 1.165) is 16.5 Å². The minimum Gasteiger partial charge on any atom is -0.469 e. The number of carbonyl (C=O) groups is 1. The van der Waals surface area contributed by atoms with Crippen LogP contribution in [-0.2, 0) is 15.3 Å². The standard InChI is InChI=1S/C16H18O4S/c1-10-4-5-13-12(7-15(17)20-14(13)6-10)9-21-8-11(2)16(18)19-3/h4-7,11H,8-9H2,1-3H3. The van der Waals surface area contributed by atoms with Gasteiger partial charge in [-0.25, -0.2) is 4.79 Å². The molecule has 5 heteroatoms. The van der Waals surface area contributed by atoms with Crippen molar-refractivity contribution in [1.29, 1.82) is 0 Å². The molecule has 21 heavy (non-hydrogen) atoms. The van der Waals surface area contributed by atoms with Crippen molar-refractivity contribution in [2.24, 2.45) is 5.92 Å². The number of rotatable bonds is 5. The lowest BCUT2D eigenvalue weighted by Gasteiger charge is -2.09. The first-order chi connectivity index (χ1) is 10.0. The minimum absolute atomic E-state index is 0.159. The zero-order valence-electron chi connectivity index (χ0n) is 12.3. The van der Waals surface area contributed by atoms with Crippen molar-refractivity contribution in [2.45, 2.75) is 19.6 Å². The zero-order chi connectivity index (χ0) is 15.4. The Balaban J connectivity index is 2.15. The molecule has 1 unspecified atom stereocenters. The normalized spacial score (nSPS) is 12.3. The highest BCUT2D eigenvalue weighted by atomic mass is 32.2. The molecule has 112 valence electrons. The summed E-state index contributed by atoms with van der Waals surface area (Å²) in [7, 11) is 1.39. The van der Waals surface area contributed by atoms with Gasteiger partial charge in [0, 0.05) is 23.0 Å². The average Bonchev–Trinajstić information content (AvgIpc) is 2.45. The molecule has 0 radical (unpaired) electrons. The maximum Gasteiger partial charge on any atom is 0.336 e. The summed E-state index contributed by atoms with van der Waals surface area (Å²) in [5, 5.41) is 0.943. The molecule has 0 fully saturated rings. The monoisotopic (exact) mass is 306 g/mol. The maximum absolute atomic E-state index is 11.6. The van der Waals surface area contributed by atoms with Crippen LogP contribution in [0.1, 0.15) is 18.1 Å². The highest BCUT2D eigenvalue weighted by Gasteiger charge is 2.13. The molecule has 1 heterocycles. The van der Waals surface area contributed by atoms with Gasteiger partial charge in [-0.05, 0) is 24.1 Å². The first kappa shape index (κ1) is 15.6. The number of hydrogen-bond donors (Lipinski definition) is 0. The van der Waals surface area contributed by atoms with Crippen LogP contribution in [-0.4, -0.2) is 18.8 Å². The third-order valence-corrected chi connectivity index (χ3v) is 4.47. The molecule has 2 aromatic rings. The van der Waals surface area contributed by atoms with E-state index in [1.54, 1.807) is 11.8 Å². The molecule has 0 aliphatic carbocycles. The topological polar surface area (TPSA) is 56.5 Å². The minimum atomic E-state index is -0.343. The van der Waals surface area contributed by atoms with E-state index >= 15 is 0 Å². The highest BCUT2D eigenvalue weighted by molar-refractivity contribution is 7.98. The van der Waals surface area contributed by atoms with Crippen molar-refractivity contribution >= 4 is 28.7 Å². The lowest BCUT2D eigenvalue weighted by Crippen LogP contribution is -2.15. The molecule has 0 bridgehead atoms. The number of fused-ring (bicyclic) bond motifs is 1. The van der Waals surface area contributed by atoms with Gasteiger partial charge in [-0.15, -0.1) is 0 Å². The van der Waals surface area contributed by atoms with E-state index in [4.69, 9.17) is 9.15 Å². The Morgan fingerprint density at radius 1 is 1.38 bits per heavy atom. The molecular formula is C16H18O4S. The number of ether oxygens (including phenoxy) is 1. The smallest absolute Gasteiger partial charge is 0.336 e. The zero-order valence-corrected chi connectivity index (χ0v) is 13.2. The number of carbonyl (C=O) groups excluding carboxylic acids is 1. The van der Waals surface area contributed by atoms with Crippen LogP contribution in [0.3, 0.4) is 0 Å². The van der Waals surface area contributed by atoms with Crippen LogP contribution in [0.4, 0.5) is 0 Å². The van der Waals surface area contributed by atoms with Crippen LogP contribution in [0, 0.1) is 12.8 Å². The highest BCUT2D eigenvalue weighted by Crippen LogP contribution is 2.23. The van der Waals surface area contributed by atoms with E-state index in [1.807, 2.05) is 32.0 Å². The summed E-state index contributed by atoms with van der Waals surface area (Å²) >= 11 is 1.60. The predicted octanol–water partition coefficient (Wildman–Crippen LogP) is 3.14. The fourth-order valence-electron chi connectivity index (χ4n) is 2.07. The van der Waals surface area contributed by atoms with E-state index < -0.39 is 0 Å². The van der Waals surface area contributed by atoms with Crippen molar-refractivity contribution in [1.82, 2.24) is 0 Å². The van der Waals surface area contributed by atoms with Gasteiger partial charge in [0.2, 0.25) is 0 Å². The van der Waals surface area contributed by atoms with Crippen molar-refractivity contribution in [2.75, 3.05) is 12.9 Å². The molecule has 4 nitrogen and oxygen atoms in total. The van der Waals surface area contributed by atoms with Crippen LogP contribution in [0.2, 0.25) is 0 Å². The number of aryl methyl sites for hydroxylation is 1. The second-order valence-electron chi connectivity index (χ2n) is 5.03. The maximum atomic E-state index is 11.6. The summed E-state index contributed by atoms with van der Waals surface area (Å²) in [5.74, 6) is 0.941. The molecule has 0 aliphatic rings. The van der Waals surface area contributed by atoms with Crippen molar-refractivity contribution in [3.63, 3.8) is 0 Å². The van der Waals surface area contributed by atoms with Crippen LogP contribution in [0.5, 0.6) is 0 Å². The van der Waals surface area contributed by atoms with Gasteiger partial charge in [0.05, 0.1) is 13.0 Å². The number of methoxy groups -OCH3 is 1. The molecule has 1 atom stereocenters. The Morgan fingerprint density at radius 2 is 2.14 bits per heavy atom. The van der Waals surface area contributed by atoms with E-state index in [1.165, 1.54) is 13.2 Å². The number of thioether (sulfide) groups is 1. The van der Waals surface area contributed by atoms with Gasteiger partial charge in [-0.3, -0.25) is 4.79 Å². The third kappa shape index (κ3) is 3.88. The molecule has 2 rings (SSSR count). The summed E-state index contributed by atoms with van der Waals surface area (Å²) in [6, 6.07) is 7.34. The van der Waals surface area contributed by atoms with Gasteiger partial charge in [0.25, 0.3) is 0 Å². The van der Waals surface area contributed by atoms with Crippen LogP contribution in [0.15, 0.2) is 33.5 Å². The Hall–Kier alpha value is -1.75. The number of benzene rings is 1. The van der Waals surface area contributed by atoms with Gasteiger partial charge in [-0.2, -0.15) is 11.8 Å². The van der Waals surface area contributed by atoms with E-state index in [2.05, 4.69) is 0 Å². The first-order valence-corrected chi connectivity index (χ1v) is 7.85. The summed E-state index contributed by atoms with van der Waals surface area (Å²) in [6.07, 6.45) is 0. The van der Waals surface area contributed by atoms with Crippen molar-refractivity contribution in [3.05, 3.63) is 45.8 Å². The summed E-state index contributed by atoms with van der Waals surface area (Å²) in [5.41, 5.74) is 2.25. The van der Waals surface area contributed by atoms with Crippen molar-refractivity contribution in [3.8, 4) is 0 Å². The van der Waals surface area contributed by atoms with Crippen LogP contribution >= 0.6 is 11.8 Å². The SMILES string of the molecule is COC(=O)C(C)CSCc1cc(=O)oc2cc(C)ccc12. The van der Waals surface area contributed by atoms with Crippen LogP contribution < -0.4 is 5.63 Å². The van der Waals surface area contributed by atoms with Crippen LogP contribution in [0.25, 0.3) is 11.0 Å². The van der Waals surface area contributed by atoms with Gasteiger partial charge in [0.15, 0.2) is 0 Å². The quantitative estimate of drug-likeness (QED) is 0.627. The summed E-state index contributed by atoms with van der Waals surface area (Å²) in [6.45, 7) is 3.79. The molecule has 0 aliphatic heterocycles. The van der Waals surface area contributed by atoms with Gasteiger partial charge < -0.3 is 9.15 Å². The fraction of sp³-hybridized carbons (Fsp3) is 0.375. The molecular weight excluding hydrogens is 288 g/mol. The molecule has 0 spiro atoms. The Bertz CT molecular complexity index is 705. The van der Waals surface area contributed by atoms with E-state index in [-0.39, 0.29) is 17.5 Å². The van der Waals surface area contributed by atoms with Gasteiger partial charge >= 0.3 is 11.6 Å². The lowest BCUT2D eigenvalue weighted by atomic mass is 10.1. The fourth-order valence-corrected chi connectivity index (χ4v) is 3.14. The van der Waals surface area contributed by atoms with Gasteiger partial charge in [0.1, 0.15) is 5.58 Å². The molecule has 0 N–H and O–H groups in total. The Labute approximate surface area is 127 Å². The van der Waals surface area contributed by atoms with E-state index in [9.17, 15) is 9.59 Å². The number of esters is 1. The third-order valence-electron chi connectivity index (χ3n) is 3.21. The summed E-state index contributed by atoms with van der Waals surface area (Å²) < 4.78 is 9.93. The largest absolute Gasteiger partial charge is 0.469 e. The second-order valence-corrected chi connectivity index (χ2v) is 6.06. The molecule has 0 saturated carbocycles. The predicted molar refractivity (Wildman–Crippen MR) is 84.6 cm³/mol. The Kier molecular flexibility index (Phi) is 5.07. The molecule has 1 aromatic heterocycles. The van der Waals surface area contributed by atoms with Gasteiger partial charge in [-0.1, -0.05) is 19.1 Å². The number of hydrogen-bond acceptors (Lipinski definition) is 5. The first-order valence-electron chi connectivity index (χ1n) is 6.70. The average molecular weight is 306 g/mol.